The molecule has 2 amide bonds. The number of sulfone groups is 1. The normalized spacial score (nSPS) is 18.2. The van der Waals surface area contributed by atoms with Crippen molar-refractivity contribution in [3.63, 3.8) is 0 Å². The smallest absolute Gasteiger partial charge is 0.273 e. The molecule has 10 heteroatoms. The third-order valence-electron chi connectivity index (χ3n) is 7.83. The molecule has 216 valence electrons. The molecule has 1 atom stereocenters. The molecule has 0 spiro atoms. The Kier molecular flexibility index (Phi) is 8.97. The molecule has 2 aromatic rings. The lowest BCUT2D eigenvalue weighted by Crippen LogP contribution is -2.47. The Labute approximate surface area is 234 Å². The van der Waals surface area contributed by atoms with Crippen molar-refractivity contribution >= 4 is 21.7 Å². The zero-order valence-electron chi connectivity index (χ0n) is 22.9. The van der Waals surface area contributed by atoms with Crippen molar-refractivity contribution in [2.75, 3.05) is 31.6 Å². The lowest BCUT2D eigenvalue weighted by molar-refractivity contribution is -0.136. The lowest BCUT2D eigenvalue weighted by atomic mass is 9.79. The number of halogens is 2. The van der Waals surface area contributed by atoms with Crippen LogP contribution < -0.4 is 4.74 Å². The number of rotatable bonds is 9. The summed E-state index contributed by atoms with van der Waals surface area (Å²) in [5.74, 6) is -2.47. The summed E-state index contributed by atoms with van der Waals surface area (Å²) in [5, 5.41) is 0. The van der Waals surface area contributed by atoms with Crippen molar-refractivity contribution in [1.82, 2.24) is 9.80 Å². The van der Waals surface area contributed by atoms with Gasteiger partial charge in [-0.05, 0) is 78.8 Å². The first-order chi connectivity index (χ1) is 18.9. The number of amides is 2. The number of fused-ring (bicyclic) bond motifs is 1. The highest BCUT2D eigenvalue weighted by Crippen LogP contribution is 2.42. The topological polar surface area (TPSA) is 84.0 Å². The van der Waals surface area contributed by atoms with Crippen LogP contribution >= 0.6 is 0 Å². The van der Waals surface area contributed by atoms with Crippen LogP contribution in [0.25, 0.3) is 0 Å². The van der Waals surface area contributed by atoms with E-state index < -0.39 is 15.8 Å². The van der Waals surface area contributed by atoms with Gasteiger partial charge in [0.15, 0.2) is 0 Å². The fraction of sp³-hybridized carbons (Fsp3) is 0.467. The van der Waals surface area contributed by atoms with Crippen molar-refractivity contribution in [2.45, 2.75) is 51.0 Å². The second kappa shape index (κ2) is 12.1. The van der Waals surface area contributed by atoms with E-state index in [-0.39, 0.29) is 47.9 Å². The maximum absolute atomic E-state index is 14.0. The number of likely N-dealkylation sites (tertiary alicyclic amines) is 1. The van der Waals surface area contributed by atoms with Gasteiger partial charge in [0.25, 0.3) is 5.92 Å². The number of piperidine rings is 1. The van der Waals surface area contributed by atoms with Crippen molar-refractivity contribution in [3.05, 3.63) is 71.8 Å². The molecule has 1 fully saturated rings. The third kappa shape index (κ3) is 6.89. The van der Waals surface area contributed by atoms with Crippen molar-refractivity contribution < 1.29 is 31.5 Å². The van der Waals surface area contributed by atoms with Crippen molar-refractivity contribution in [3.8, 4) is 11.5 Å². The van der Waals surface area contributed by atoms with Gasteiger partial charge >= 0.3 is 0 Å². The molecule has 0 aliphatic carbocycles. The quantitative estimate of drug-likeness (QED) is 0.381. The molecular weight excluding hydrogens is 538 g/mol. The van der Waals surface area contributed by atoms with Gasteiger partial charge in [-0.2, -0.15) is 0 Å². The monoisotopic (exact) mass is 574 g/mol. The van der Waals surface area contributed by atoms with E-state index in [9.17, 15) is 26.8 Å². The van der Waals surface area contributed by atoms with Gasteiger partial charge in [0, 0.05) is 44.3 Å². The first kappa shape index (κ1) is 29.7. The number of hydrogen-bond acceptors (Lipinski definition) is 5. The van der Waals surface area contributed by atoms with E-state index in [1.165, 1.54) is 37.3 Å². The van der Waals surface area contributed by atoms with Gasteiger partial charge in [-0.3, -0.25) is 9.59 Å². The van der Waals surface area contributed by atoms with E-state index in [1.54, 1.807) is 9.80 Å². The maximum atomic E-state index is 14.0. The van der Waals surface area contributed by atoms with E-state index in [4.69, 9.17) is 4.74 Å². The summed E-state index contributed by atoms with van der Waals surface area (Å²) in [4.78, 5) is 29.0. The molecule has 2 heterocycles. The second-order valence-electron chi connectivity index (χ2n) is 10.6. The highest BCUT2D eigenvalue weighted by molar-refractivity contribution is 7.90. The minimum atomic E-state index is -3.30. The summed E-state index contributed by atoms with van der Waals surface area (Å²) in [6.45, 7) is 6.56. The van der Waals surface area contributed by atoms with Crippen LogP contribution in [0.4, 0.5) is 8.78 Å². The summed E-state index contributed by atoms with van der Waals surface area (Å²) in [5.41, 5.74) is 1.93. The fourth-order valence-electron chi connectivity index (χ4n) is 5.56. The number of nitrogens with zero attached hydrogens (tertiary/aromatic N) is 2. The van der Waals surface area contributed by atoms with Gasteiger partial charge < -0.3 is 14.5 Å². The summed E-state index contributed by atoms with van der Waals surface area (Å²) in [6, 6.07) is 11.1. The van der Waals surface area contributed by atoms with E-state index in [1.807, 2.05) is 18.2 Å². The number of alkyl halides is 2. The molecule has 0 aromatic heterocycles. The van der Waals surface area contributed by atoms with E-state index in [0.29, 0.717) is 50.4 Å². The van der Waals surface area contributed by atoms with E-state index in [2.05, 4.69) is 6.58 Å². The Morgan fingerprint density at radius 1 is 1.07 bits per heavy atom. The Balaban J connectivity index is 1.61. The van der Waals surface area contributed by atoms with Gasteiger partial charge in [-0.1, -0.05) is 19.6 Å². The second-order valence-corrected chi connectivity index (χ2v) is 12.8. The zero-order chi connectivity index (χ0) is 29.1. The molecule has 1 unspecified atom stereocenters. The molecule has 1 saturated heterocycles. The predicted molar refractivity (Wildman–Crippen MR) is 149 cm³/mol. The molecule has 0 bridgehead atoms. The predicted octanol–water partition coefficient (Wildman–Crippen LogP) is 5.27. The number of carbonyl (C=O) groups is 2. The number of ether oxygens (including phenoxy) is 1. The standard InChI is InChI=1S/C30H36F2N2O5S/c1-4-27(35)33-16-12-22(13-17-33)29-26-20-25(39-24-10-7-23(8-11-24)30(31,32)5-2)9-6-21(26)14-18-34(29)28(36)15-19-40(3,37)38/h4,6-11,20,22,29H,1,5,12-19H2,2-3H3. The summed E-state index contributed by atoms with van der Waals surface area (Å²) < 4.78 is 57.6. The molecular formula is C30H36F2N2O5S. The molecule has 7 nitrogen and oxygen atoms in total. The van der Waals surface area contributed by atoms with Crippen molar-refractivity contribution in [2.24, 2.45) is 5.92 Å². The molecule has 2 aliphatic heterocycles. The van der Waals surface area contributed by atoms with Gasteiger partial charge in [0.1, 0.15) is 21.3 Å². The van der Waals surface area contributed by atoms with Crippen LogP contribution in [-0.2, 0) is 31.8 Å². The molecule has 4 rings (SSSR count). The van der Waals surface area contributed by atoms with Crippen LogP contribution in [0.15, 0.2) is 55.1 Å². The van der Waals surface area contributed by atoms with E-state index in [0.717, 1.165) is 17.4 Å². The summed E-state index contributed by atoms with van der Waals surface area (Å²) in [7, 11) is -3.30. The third-order valence-corrected chi connectivity index (χ3v) is 8.78. The summed E-state index contributed by atoms with van der Waals surface area (Å²) in [6.07, 6.45) is 4.01. The fourth-order valence-corrected chi connectivity index (χ4v) is 6.11. The maximum Gasteiger partial charge on any atom is 0.273 e. The Morgan fingerprint density at radius 3 is 2.33 bits per heavy atom. The zero-order valence-corrected chi connectivity index (χ0v) is 23.8. The van der Waals surface area contributed by atoms with Gasteiger partial charge in [0.2, 0.25) is 11.8 Å². The molecule has 40 heavy (non-hydrogen) atoms. The minimum Gasteiger partial charge on any atom is -0.457 e. The number of hydrogen-bond donors (Lipinski definition) is 0. The van der Waals surface area contributed by atoms with Gasteiger partial charge in [-0.15, -0.1) is 0 Å². The lowest BCUT2D eigenvalue weighted by Gasteiger charge is -2.44. The molecule has 0 N–H and O–H groups in total. The molecule has 2 aromatic carbocycles. The van der Waals surface area contributed by atoms with Crippen LogP contribution in [0.5, 0.6) is 11.5 Å². The highest BCUT2D eigenvalue weighted by Gasteiger charge is 2.38. The van der Waals surface area contributed by atoms with Crippen LogP contribution in [0.3, 0.4) is 0 Å². The van der Waals surface area contributed by atoms with Crippen LogP contribution in [0.2, 0.25) is 0 Å². The number of benzene rings is 2. The molecule has 2 aliphatic rings. The number of carbonyl (C=O) groups excluding carboxylic acids is 2. The largest absolute Gasteiger partial charge is 0.457 e. The average Bonchev–Trinajstić information content (AvgIpc) is 2.94. The Morgan fingerprint density at radius 2 is 1.73 bits per heavy atom. The Bertz CT molecular complexity index is 1350. The van der Waals surface area contributed by atoms with Crippen LogP contribution in [0, 0.1) is 5.92 Å². The molecule has 0 radical (unpaired) electrons. The highest BCUT2D eigenvalue weighted by atomic mass is 32.2. The SMILES string of the molecule is C=CC(=O)N1CCC(C2c3cc(Oc4ccc(C(F)(F)CC)cc4)ccc3CCN2C(=O)CCS(C)(=O)=O)CC1. The van der Waals surface area contributed by atoms with Crippen LogP contribution in [0.1, 0.15) is 55.3 Å². The van der Waals surface area contributed by atoms with Gasteiger partial charge in [0.05, 0.1) is 11.8 Å². The van der Waals surface area contributed by atoms with E-state index >= 15 is 0 Å². The van der Waals surface area contributed by atoms with Crippen LogP contribution in [-0.4, -0.2) is 61.7 Å². The summed E-state index contributed by atoms with van der Waals surface area (Å²) >= 11 is 0. The first-order valence-corrected chi connectivity index (χ1v) is 15.7. The first-order valence-electron chi connectivity index (χ1n) is 13.6. The van der Waals surface area contributed by atoms with Gasteiger partial charge in [-0.25, -0.2) is 17.2 Å². The Hall–Kier alpha value is -3.27. The molecule has 0 saturated carbocycles. The van der Waals surface area contributed by atoms with Crippen molar-refractivity contribution in [1.29, 1.82) is 0 Å². The minimum absolute atomic E-state index is 0.0564. The average molecular weight is 575 g/mol.